The molecule has 0 radical (unpaired) electrons. The highest BCUT2D eigenvalue weighted by Crippen LogP contribution is 2.26. The molecule has 1 aliphatic heterocycles. The van der Waals surface area contributed by atoms with Crippen LogP contribution in [0.1, 0.15) is 31.2 Å². The van der Waals surface area contributed by atoms with Gasteiger partial charge < -0.3 is 14.0 Å². The number of aryl methyl sites for hydroxylation is 2. The van der Waals surface area contributed by atoms with Crippen molar-refractivity contribution < 1.29 is 9.32 Å². The Labute approximate surface area is 180 Å². The van der Waals surface area contributed by atoms with Gasteiger partial charge in [0, 0.05) is 37.2 Å². The van der Waals surface area contributed by atoms with E-state index in [-0.39, 0.29) is 5.91 Å². The fraction of sp³-hybridized carbons (Fsp3) is 0.333. The van der Waals surface area contributed by atoms with Gasteiger partial charge in [-0.25, -0.2) is 4.98 Å². The van der Waals surface area contributed by atoms with E-state index in [1.165, 1.54) is 6.42 Å². The molecule has 0 unspecified atom stereocenters. The van der Waals surface area contributed by atoms with Crippen molar-refractivity contribution in [3.05, 3.63) is 54.4 Å². The smallest absolute Gasteiger partial charge is 0.258 e. The van der Waals surface area contributed by atoms with Crippen LogP contribution in [0.4, 0.5) is 0 Å². The molecule has 158 valence electrons. The zero-order chi connectivity index (χ0) is 21.2. The molecular weight excluding hydrogens is 390 g/mol. The summed E-state index contributed by atoms with van der Waals surface area (Å²) in [6, 6.07) is 13.9. The van der Waals surface area contributed by atoms with Crippen LogP contribution in [0.3, 0.4) is 0 Å². The van der Waals surface area contributed by atoms with E-state index in [9.17, 15) is 4.79 Å². The average Bonchev–Trinajstić information content (AvgIpc) is 3.45. The quantitative estimate of drug-likeness (QED) is 0.481. The number of imidazole rings is 1. The molecule has 0 N–H and O–H groups in total. The van der Waals surface area contributed by atoms with Crippen LogP contribution >= 0.6 is 0 Å². The zero-order valence-corrected chi connectivity index (χ0v) is 17.6. The van der Waals surface area contributed by atoms with E-state index in [1.807, 2.05) is 58.9 Å². The largest absolute Gasteiger partial charge is 0.343 e. The third kappa shape index (κ3) is 3.95. The van der Waals surface area contributed by atoms with E-state index < -0.39 is 0 Å². The Morgan fingerprint density at radius 1 is 1.10 bits per heavy atom. The maximum absolute atomic E-state index is 12.5. The number of likely N-dealkylation sites (tertiary alicyclic amines) is 1. The summed E-state index contributed by atoms with van der Waals surface area (Å²) < 4.78 is 7.53. The van der Waals surface area contributed by atoms with Crippen LogP contribution in [-0.2, 0) is 11.3 Å². The fourth-order valence-corrected chi connectivity index (χ4v) is 4.16. The zero-order valence-electron chi connectivity index (χ0n) is 17.6. The highest BCUT2D eigenvalue weighted by molar-refractivity contribution is 5.81. The minimum Gasteiger partial charge on any atom is -0.343 e. The number of nitrogens with zero attached hydrogens (tertiary/aromatic N) is 5. The maximum atomic E-state index is 12.5. The Kier molecular flexibility index (Phi) is 5.24. The highest BCUT2D eigenvalue weighted by Gasteiger charge is 2.17. The van der Waals surface area contributed by atoms with Gasteiger partial charge >= 0.3 is 0 Å². The molecule has 1 fully saturated rings. The van der Waals surface area contributed by atoms with Gasteiger partial charge in [0.05, 0.1) is 17.4 Å². The van der Waals surface area contributed by atoms with Crippen molar-refractivity contribution in [2.24, 2.45) is 0 Å². The third-order valence-electron chi connectivity index (χ3n) is 5.96. The van der Waals surface area contributed by atoms with Crippen LogP contribution in [0.15, 0.2) is 53.3 Å². The van der Waals surface area contributed by atoms with Crippen molar-refractivity contribution >= 4 is 16.9 Å². The average molecular weight is 415 g/mol. The number of carbonyl (C=O) groups is 1. The summed E-state index contributed by atoms with van der Waals surface area (Å²) in [5.41, 5.74) is 4.73. The molecule has 1 amide bonds. The molecule has 1 saturated heterocycles. The standard InChI is InChI=1S/C24H25N5O2/c1-17-7-3-4-8-19(17)24-26-23(27-31-24)18-9-10-21-20(15-18)25-16-29(21)14-11-22(30)28-12-5-2-6-13-28/h3-4,7-10,15-16H,2,5-6,11-14H2,1H3. The van der Waals surface area contributed by atoms with Crippen LogP contribution in [0.25, 0.3) is 33.9 Å². The normalized spacial score (nSPS) is 14.3. The first kappa shape index (κ1) is 19.5. The third-order valence-corrected chi connectivity index (χ3v) is 5.96. The molecular formula is C24H25N5O2. The number of amides is 1. The van der Waals surface area contributed by atoms with E-state index in [0.29, 0.717) is 24.7 Å². The van der Waals surface area contributed by atoms with Crippen molar-refractivity contribution in [1.29, 1.82) is 0 Å². The van der Waals surface area contributed by atoms with Gasteiger partial charge in [0.2, 0.25) is 11.7 Å². The number of hydrogen-bond donors (Lipinski definition) is 0. The topological polar surface area (TPSA) is 77.1 Å². The van der Waals surface area contributed by atoms with Crippen molar-refractivity contribution in [2.45, 2.75) is 39.2 Å². The van der Waals surface area contributed by atoms with Gasteiger partial charge in [-0.05, 0) is 56.0 Å². The van der Waals surface area contributed by atoms with Crippen molar-refractivity contribution in [2.75, 3.05) is 13.1 Å². The molecule has 1 aliphatic rings. The highest BCUT2D eigenvalue weighted by atomic mass is 16.5. The molecule has 0 aliphatic carbocycles. The Bertz CT molecular complexity index is 1220. The Morgan fingerprint density at radius 3 is 2.77 bits per heavy atom. The molecule has 0 spiro atoms. The van der Waals surface area contributed by atoms with Crippen LogP contribution in [0.2, 0.25) is 0 Å². The van der Waals surface area contributed by atoms with E-state index in [2.05, 4.69) is 15.1 Å². The van der Waals surface area contributed by atoms with E-state index in [1.54, 1.807) is 6.33 Å². The fourth-order valence-electron chi connectivity index (χ4n) is 4.16. The molecule has 0 bridgehead atoms. The lowest BCUT2D eigenvalue weighted by Gasteiger charge is -2.26. The van der Waals surface area contributed by atoms with Crippen LogP contribution in [0.5, 0.6) is 0 Å². The first-order valence-corrected chi connectivity index (χ1v) is 10.8. The number of rotatable bonds is 5. The maximum Gasteiger partial charge on any atom is 0.258 e. The number of aromatic nitrogens is 4. The number of benzene rings is 2. The number of fused-ring (bicyclic) bond motifs is 1. The predicted molar refractivity (Wildman–Crippen MR) is 118 cm³/mol. The van der Waals surface area contributed by atoms with Gasteiger partial charge in [-0.1, -0.05) is 23.4 Å². The van der Waals surface area contributed by atoms with Gasteiger partial charge in [0.15, 0.2) is 0 Å². The summed E-state index contributed by atoms with van der Waals surface area (Å²) in [6.07, 6.45) is 5.75. The summed E-state index contributed by atoms with van der Waals surface area (Å²) in [5, 5.41) is 4.16. The van der Waals surface area contributed by atoms with Gasteiger partial charge in [-0.2, -0.15) is 4.98 Å². The van der Waals surface area contributed by atoms with Gasteiger partial charge in [0.1, 0.15) is 0 Å². The Morgan fingerprint density at radius 2 is 1.94 bits per heavy atom. The van der Waals surface area contributed by atoms with E-state index in [4.69, 9.17) is 4.52 Å². The van der Waals surface area contributed by atoms with Crippen LogP contribution in [0, 0.1) is 6.92 Å². The second-order valence-corrected chi connectivity index (χ2v) is 8.07. The molecule has 2 aromatic carbocycles. The Hall–Kier alpha value is -3.48. The molecule has 0 saturated carbocycles. The first-order valence-electron chi connectivity index (χ1n) is 10.8. The summed E-state index contributed by atoms with van der Waals surface area (Å²) in [6.45, 7) is 4.43. The van der Waals surface area contributed by atoms with Crippen LogP contribution in [-0.4, -0.2) is 43.6 Å². The lowest BCUT2D eigenvalue weighted by atomic mass is 10.1. The SMILES string of the molecule is Cc1ccccc1-c1nc(-c2ccc3c(c2)ncn3CCC(=O)N2CCCCC2)no1. The van der Waals surface area contributed by atoms with Crippen molar-refractivity contribution in [3.63, 3.8) is 0 Å². The number of hydrogen-bond acceptors (Lipinski definition) is 5. The van der Waals surface area contributed by atoms with Gasteiger partial charge in [-0.15, -0.1) is 0 Å². The molecule has 4 aromatic rings. The molecule has 7 heteroatoms. The second-order valence-electron chi connectivity index (χ2n) is 8.07. The van der Waals surface area contributed by atoms with Crippen molar-refractivity contribution in [3.8, 4) is 22.8 Å². The monoisotopic (exact) mass is 415 g/mol. The van der Waals surface area contributed by atoms with Crippen molar-refractivity contribution in [1.82, 2.24) is 24.6 Å². The van der Waals surface area contributed by atoms with Crippen LogP contribution < -0.4 is 0 Å². The molecule has 3 heterocycles. The molecule has 7 nitrogen and oxygen atoms in total. The minimum atomic E-state index is 0.230. The number of piperidine rings is 1. The summed E-state index contributed by atoms with van der Waals surface area (Å²) in [5.74, 6) is 1.28. The van der Waals surface area contributed by atoms with Gasteiger partial charge in [0.25, 0.3) is 5.89 Å². The number of carbonyl (C=O) groups excluding carboxylic acids is 1. The lowest BCUT2D eigenvalue weighted by Crippen LogP contribution is -2.35. The molecule has 0 atom stereocenters. The molecule has 31 heavy (non-hydrogen) atoms. The van der Waals surface area contributed by atoms with Gasteiger partial charge in [-0.3, -0.25) is 4.79 Å². The summed E-state index contributed by atoms with van der Waals surface area (Å²) in [7, 11) is 0. The lowest BCUT2D eigenvalue weighted by molar-refractivity contribution is -0.132. The first-order chi connectivity index (χ1) is 15.2. The molecule has 5 rings (SSSR count). The van der Waals surface area contributed by atoms with E-state index in [0.717, 1.165) is 53.7 Å². The second kappa shape index (κ2) is 8.34. The summed E-state index contributed by atoms with van der Waals surface area (Å²) in [4.78, 5) is 23.6. The molecule has 2 aromatic heterocycles. The predicted octanol–water partition coefficient (Wildman–Crippen LogP) is 4.46. The van der Waals surface area contributed by atoms with E-state index >= 15 is 0 Å². The summed E-state index contributed by atoms with van der Waals surface area (Å²) >= 11 is 0. The minimum absolute atomic E-state index is 0.230. The Balaban J connectivity index is 1.33.